The molecule has 0 saturated carbocycles. The van der Waals surface area contributed by atoms with Gasteiger partial charge in [-0.05, 0) is 60.6 Å². The number of benzene rings is 1. The molecule has 2 nitrogen and oxygen atoms in total. The average molecular weight is 351 g/mol. The molecule has 0 N–H and O–H groups in total. The maximum Gasteiger partial charge on any atom is 0.419 e. The fourth-order valence-corrected chi connectivity index (χ4v) is 2.89. The number of alkyl halides is 3. The van der Waals surface area contributed by atoms with Crippen LogP contribution in [0.1, 0.15) is 38.4 Å². The first kappa shape index (κ1) is 19.3. The summed E-state index contributed by atoms with van der Waals surface area (Å²) in [6.07, 6.45) is -1.96. The van der Waals surface area contributed by atoms with Crippen LogP contribution >= 0.6 is 0 Å². The van der Waals surface area contributed by atoms with E-state index < -0.39 is 11.7 Å². The highest BCUT2D eigenvalue weighted by atomic mass is 19.4. The molecule has 1 aromatic carbocycles. The van der Waals surface area contributed by atoms with Crippen molar-refractivity contribution in [2.24, 2.45) is 11.8 Å². The van der Waals surface area contributed by atoms with Crippen molar-refractivity contribution < 1.29 is 17.9 Å². The third kappa shape index (κ3) is 5.48. The molecule has 0 aliphatic heterocycles. The highest BCUT2D eigenvalue weighted by Crippen LogP contribution is 2.39. The fraction of sp³-hybridized carbons (Fsp3) is 0.450. The van der Waals surface area contributed by atoms with Crippen molar-refractivity contribution in [1.82, 2.24) is 4.98 Å². The summed E-state index contributed by atoms with van der Waals surface area (Å²) in [7, 11) is 0. The third-order valence-electron chi connectivity index (χ3n) is 3.91. The normalized spacial score (nSPS) is 13.1. The van der Waals surface area contributed by atoms with Gasteiger partial charge in [-0.1, -0.05) is 26.8 Å². The SMILES string of the molecule is Cc1cc(-c2ccc(OC[C@@H](C)CC(C)C)c(C(F)(F)F)c2)ccn1. The Bertz CT molecular complexity index is 710. The number of hydrogen-bond acceptors (Lipinski definition) is 2. The number of aromatic nitrogens is 1. The van der Waals surface area contributed by atoms with E-state index in [0.29, 0.717) is 17.0 Å². The van der Waals surface area contributed by atoms with Gasteiger partial charge < -0.3 is 4.74 Å². The van der Waals surface area contributed by atoms with Crippen LogP contribution < -0.4 is 4.74 Å². The van der Waals surface area contributed by atoms with Crippen LogP contribution in [0, 0.1) is 18.8 Å². The maximum atomic E-state index is 13.5. The van der Waals surface area contributed by atoms with Crippen molar-refractivity contribution in [3.05, 3.63) is 47.8 Å². The van der Waals surface area contributed by atoms with Gasteiger partial charge in [-0.15, -0.1) is 0 Å². The Morgan fingerprint density at radius 1 is 1.04 bits per heavy atom. The van der Waals surface area contributed by atoms with Crippen molar-refractivity contribution in [1.29, 1.82) is 0 Å². The zero-order chi connectivity index (χ0) is 18.6. The van der Waals surface area contributed by atoms with Crippen molar-refractivity contribution in [2.75, 3.05) is 6.61 Å². The van der Waals surface area contributed by atoms with Crippen molar-refractivity contribution in [2.45, 2.75) is 40.3 Å². The van der Waals surface area contributed by atoms with Crippen LogP contribution in [0.3, 0.4) is 0 Å². The summed E-state index contributed by atoms with van der Waals surface area (Å²) in [6, 6.07) is 7.69. The fourth-order valence-electron chi connectivity index (χ4n) is 2.89. The molecular formula is C20H24F3NO. The van der Waals surface area contributed by atoms with E-state index in [-0.39, 0.29) is 18.3 Å². The summed E-state index contributed by atoms with van der Waals surface area (Å²) in [5.41, 5.74) is 1.23. The van der Waals surface area contributed by atoms with E-state index in [2.05, 4.69) is 18.8 Å². The van der Waals surface area contributed by atoms with Gasteiger partial charge in [0.15, 0.2) is 0 Å². The predicted molar refractivity (Wildman–Crippen MR) is 93.5 cm³/mol. The van der Waals surface area contributed by atoms with E-state index >= 15 is 0 Å². The number of aryl methyl sites for hydroxylation is 1. The molecule has 1 aromatic heterocycles. The number of nitrogens with zero attached hydrogens (tertiary/aromatic N) is 1. The number of halogens is 3. The van der Waals surface area contributed by atoms with Crippen LogP contribution in [0.25, 0.3) is 11.1 Å². The lowest BCUT2D eigenvalue weighted by Crippen LogP contribution is -2.14. The lowest BCUT2D eigenvalue weighted by Gasteiger charge is -2.19. The van der Waals surface area contributed by atoms with Gasteiger partial charge in [0.2, 0.25) is 0 Å². The minimum Gasteiger partial charge on any atom is -0.493 e. The molecule has 0 radical (unpaired) electrons. The maximum absolute atomic E-state index is 13.5. The van der Waals surface area contributed by atoms with Gasteiger partial charge >= 0.3 is 6.18 Å². The lowest BCUT2D eigenvalue weighted by atomic mass is 9.99. The van der Waals surface area contributed by atoms with Gasteiger partial charge in [0, 0.05) is 11.9 Å². The molecule has 25 heavy (non-hydrogen) atoms. The zero-order valence-corrected chi connectivity index (χ0v) is 15.0. The van der Waals surface area contributed by atoms with Crippen molar-refractivity contribution in [3.8, 4) is 16.9 Å². The minimum atomic E-state index is -4.46. The van der Waals surface area contributed by atoms with Crippen LogP contribution in [0.4, 0.5) is 13.2 Å². The van der Waals surface area contributed by atoms with Gasteiger partial charge in [-0.2, -0.15) is 13.2 Å². The Hall–Kier alpha value is -2.04. The molecule has 0 aliphatic carbocycles. The van der Waals surface area contributed by atoms with E-state index in [1.807, 2.05) is 13.8 Å². The summed E-state index contributed by atoms with van der Waals surface area (Å²) in [5, 5.41) is 0. The molecule has 2 rings (SSSR count). The molecule has 5 heteroatoms. The van der Waals surface area contributed by atoms with Gasteiger partial charge in [0.25, 0.3) is 0 Å². The summed E-state index contributed by atoms with van der Waals surface area (Å²) < 4.78 is 45.9. The molecule has 0 saturated heterocycles. The van der Waals surface area contributed by atoms with E-state index in [9.17, 15) is 13.2 Å². The van der Waals surface area contributed by atoms with Crippen LogP contribution in [-0.4, -0.2) is 11.6 Å². The topological polar surface area (TPSA) is 22.1 Å². The zero-order valence-electron chi connectivity index (χ0n) is 15.0. The van der Waals surface area contributed by atoms with E-state index in [1.165, 1.54) is 6.07 Å². The Labute approximate surface area is 147 Å². The van der Waals surface area contributed by atoms with Crippen molar-refractivity contribution >= 4 is 0 Å². The van der Waals surface area contributed by atoms with E-state index in [0.717, 1.165) is 18.2 Å². The Morgan fingerprint density at radius 3 is 2.32 bits per heavy atom. The Balaban J connectivity index is 2.29. The monoisotopic (exact) mass is 351 g/mol. The van der Waals surface area contributed by atoms with Crippen molar-refractivity contribution in [3.63, 3.8) is 0 Å². The first-order valence-electron chi connectivity index (χ1n) is 8.44. The molecular weight excluding hydrogens is 327 g/mol. The summed E-state index contributed by atoms with van der Waals surface area (Å²) in [4.78, 5) is 4.08. The molecule has 0 aliphatic rings. The molecule has 1 atom stereocenters. The standard InChI is InChI=1S/C20H24F3NO/c1-13(2)9-14(3)12-25-19-6-5-16(11-18(19)20(21,22)23)17-7-8-24-15(4)10-17/h5-8,10-11,13-14H,9,12H2,1-4H3/t14-/m0/s1. The van der Waals surface area contributed by atoms with Gasteiger partial charge in [0.1, 0.15) is 5.75 Å². The molecule has 1 heterocycles. The second kappa shape index (κ2) is 7.89. The smallest absolute Gasteiger partial charge is 0.419 e. The van der Waals surface area contributed by atoms with Gasteiger partial charge in [-0.25, -0.2) is 0 Å². The molecule has 0 unspecified atom stereocenters. The van der Waals surface area contributed by atoms with Gasteiger partial charge in [-0.3, -0.25) is 4.98 Å². The number of rotatable bonds is 6. The van der Waals surface area contributed by atoms with Crippen LogP contribution in [0.2, 0.25) is 0 Å². The molecule has 0 bridgehead atoms. The van der Waals surface area contributed by atoms with Crippen LogP contribution in [0.5, 0.6) is 5.75 Å². The van der Waals surface area contributed by atoms with Crippen LogP contribution in [0.15, 0.2) is 36.5 Å². The summed E-state index contributed by atoms with van der Waals surface area (Å²) in [5.74, 6) is 0.569. The summed E-state index contributed by atoms with van der Waals surface area (Å²) in [6.45, 7) is 8.24. The van der Waals surface area contributed by atoms with E-state index in [4.69, 9.17) is 4.74 Å². The van der Waals surface area contributed by atoms with E-state index in [1.54, 1.807) is 24.4 Å². The Kier molecular flexibility index (Phi) is 6.09. The first-order chi connectivity index (χ1) is 11.7. The first-order valence-corrected chi connectivity index (χ1v) is 8.44. The highest BCUT2D eigenvalue weighted by molar-refractivity contribution is 5.66. The predicted octanol–water partition coefficient (Wildman–Crippen LogP) is 6.14. The summed E-state index contributed by atoms with van der Waals surface area (Å²) >= 11 is 0. The molecule has 0 amide bonds. The quantitative estimate of drug-likeness (QED) is 0.624. The molecule has 0 spiro atoms. The largest absolute Gasteiger partial charge is 0.493 e. The number of ether oxygens (including phenoxy) is 1. The average Bonchev–Trinajstić information content (AvgIpc) is 2.51. The molecule has 2 aromatic rings. The van der Waals surface area contributed by atoms with Crippen LogP contribution in [-0.2, 0) is 6.18 Å². The molecule has 136 valence electrons. The van der Waals surface area contributed by atoms with Gasteiger partial charge in [0.05, 0.1) is 12.2 Å². The lowest BCUT2D eigenvalue weighted by molar-refractivity contribution is -0.139. The Morgan fingerprint density at radius 2 is 1.72 bits per heavy atom. The molecule has 0 fully saturated rings. The highest BCUT2D eigenvalue weighted by Gasteiger charge is 2.35. The second-order valence-corrected chi connectivity index (χ2v) is 6.94. The minimum absolute atomic E-state index is 0.113. The number of hydrogen-bond donors (Lipinski definition) is 0. The second-order valence-electron chi connectivity index (χ2n) is 6.94. The third-order valence-corrected chi connectivity index (χ3v) is 3.91. The number of pyridine rings is 1.